The molecule has 20 rings (SSSR count). The Bertz CT molecular complexity index is 7110. The molecule has 142 heavy (non-hydrogen) atoms. The summed E-state index contributed by atoms with van der Waals surface area (Å²) in [5.74, 6) is -6.81. The number of carboxylic acids is 1. The quantitative estimate of drug-likeness (QED) is 0.0111. The monoisotopic (exact) mass is 1990 g/mol. The highest BCUT2D eigenvalue weighted by Gasteiger charge is 2.75. The van der Waals surface area contributed by atoms with Crippen LogP contribution >= 0.6 is 0 Å². The maximum Gasteiger partial charge on any atom is 0.418 e. The van der Waals surface area contributed by atoms with Crippen molar-refractivity contribution in [2.75, 3.05) is 44.5 Å². The van der Waals surface area contributed by atoms with E-state index in [1.54, 1.807) is 18.2 Å². The number of piperidine rings is 1. The van der Waals surface area contributed by atoms with Crippen molar-refractivity contribution >= 4 is 79.6 Å². The summed E-state index contributed by atoms with van der Waals surface area (Å²) < 4.78 is 75.4. The van der Waals surface area contributed by atoms with E-state index in [2.05, 4.69) is 83.6 Å². The number of fused-ring (bicyclic) bond motifs is 10. The number of nitrogens with one attached hydrogen (secondary N) is 2. The van der Waals surface area contributed by atoms with Crippen LogP contribution in [0.3, 0.4) is 0 Å². The van der Waals surface area contributed by atoms with Crippen molar-refractivity contribution in [3.63, 3.8) is 0 Å². The lowest BCUT2D eigenvalue weighted by molar-refractivity contribution is -2.00. The fourth-order valence-electron chi connectivity index (χ4n) is 23.5. The van der Waals surface area contributed by atoms with Crippen LogP contribution in [-0.2, 0) is 42.2 Å². The van der Waals surface area contributed by atoms with E-state index in [4.69, 9.17) is 57.2 Å². The predicted octanol–water partition coefficient (Wildman–Crippen LogP) is 0.861. The van der Waals surface area contributed by atoms with Crippen molar-refractivity contribution in [2.45, 2.75) is 244 Å². The number of carbonyl (C=O) groups excluding carboxylic acids is 5. The van der Waals surface area contributed by atoms with Gasteiger partial charge in [0.15, 0.2) is 58.2 Å². The number of aliphatic hydroxyl groups is 6. The van der Waals surface area contributed by atoms with E-state index in [9.17, 15) is 80.1 Å². The first-order chi connectivity index (χ1) is 66.8. The Hall–Kier alpha value is -12.1. The zero-order valence-electron chi connectivity index (χ0n) is 81.3. The minimum Gasteiger partial charge on any atom is -1.00 e. The number of esters is 2. The number of ketones is 2. The normalized spacial score (nSPS) is 25.1. The Kier molecular flexibility index (Phi) is 29.5. The summed E-state index contributed by atoms with van der Waals surface area (Å²) in [6.07, 6.45) is 24.8. The van der Waals surface area contributed by atoms with E-state index in [0.29, 0.717) is 47.5 Å². The molecule has 5 aliphatic carbocycles. The van der Waals surface area contributed by atoms with Crippen molar-refractivity contribution in [1.82, 2.24) is 0 Å². The molecule has 12 unspecified atom stereocenters. The van der Waals surface area contributed by atoms with Gasteiger partial charge in [-0.2, -0.15) is 9.14 Å². The molecule has 32 nitrogen and oxygen atoms in total. The Labute approximate surface area is 827 Å². The molecular formula is C108H122Cl2N6O26+2. The van der Waals surface area contributed by atoms with E-state index in [0.717, 1.165) is 175 Å². The Balaban J connectivity index is 0.000000141. The largest absolute Gasteiger partial charge is 1.00 e. The fourth-order valence-corrected chi connectivity index (χ4v) is 23.5. The van der Waals surface area contributed by atoms with Crippen LogP contribution in [0.15, 0.2) is 140 Å². The molecular weight excluding hydrogens is 1870 g/mol. The lowest BCUT2D eigenvalue weighted by Crippen LogP contribution is -3.00. The first-order valence-corrected chi connectivity index (χ1v) is 49.4. The highest BCUT2D eigenvalue weighted by Crippen LogP contribution is 2.63. The Morgan fingerprint density at radius 3 is 2.04 bits per heavy atom. The molecule has 0 amide bonds. The summed E-state index contributed by atoms with van der Waals surface area (Å²) >= 11 is 0. The number of aliphatic hydroxyl groups excluding tert-OH is 2. The van der Waals surface area contributed by atoms with Crippen molar-refractivity contribution in [1.29, 1.82) is 0 Å². The van der Waals surface area contributed by atoms with Crippen LogP contribution in [0.2, 0.25) is 0 Å². The molecule has 12 atom stereocenters. The van der Waals surface area contributed by atoms with Crippen LogP contribution in [-0.4, -0.2) is 159 Å². The highest BCUT2D eigenvalue weighted by molar-refractivity contribution is 6.31. The summed E-state index contributed by atoms with van der Waals surface area (Å²) in [7, 11) is -3.53. The molecule has 14 aliphatic rings. The van der Waals surface area contributed by atoms with Gasteiger partial charge in [-0.15, -0.1) is 10.2 Å². The number of pyridine rings is 1. The Morgan fingerprint density at radius 2 is 1.36 bits per heavy atom. The number of carbonyl (C=O) groups is 5. The van der Waals surface area contributed by atoms with Crippen LogP contribution in [0.1, 0.15) is 268 Å². The van der Waals surface area contributed by atoms with Crippen LogP contribution in [0.25, 0.3) is 55.7 Å². The molecule has 0 radical (unpaired) electrons. The molecule has 1 saturated carbocycles. The van der Waals surface area contributed by atoms with Gasteiger partial charge >= 0.3 is 23.5 Å². The number of allylic oxidation sites excluding steroid dienone is 4. The lowest BCUT2D eigenvalue weighted by Gasteiger charge is -2.65. The van der Waals surface area contributed by atoms with Crippen LogP contribution in [0.5, 0.6) is 23.0 Å². The second kappa shape index (κ2) is 40.2. The molecule has 6 aromatic rings. The standard InChI is InChI=1S/C32H34N2O3.C28H36N2O3.C27H32O13.C21H18N2O3.ClHO4.ClH/c35-32(36)24-14-2-1-13-23(24)29-25-17-21-11-3-7-19-9-5-15-27(33(19)21)30(25)37-31-26(29)18-22-12-4-8-20-10-6-16-28(31)34(20)22;1-6-29-23-15-25-21(13-17(23)4)27(19-11-9-10-12-20(19)28(31)32-8-3)22-14-18(5)24(30-7-2)16-26(22)33-25;1-9-12-10(7-11(29)13(9)22(35)36)17(30)14-15(18(12)31)19(32)16(21(34)20(14)33)24(3)26(5,38)27(6,39)25(4,37)23(2,8-28)40-24;1-25-21(24)15-5-3-2-4-14(15)20-16-8-6-12(22)10-18(16)26-19-11-13(23)7-9-17(19)20;2-1(3,4)5;/h1-2,13-14,17-20,25,30H,3-12,15-16H2;13-16,19-20,29H,6-12H2,1-5H3;7,22,28-29,32-39H,8H2,1-6H3;2-4,6-11,15,22H,5,23H2,1H3;(H,2,3,4,5);1H/q+2;;;;;. The first kappa shape index (κ1) is 104. The smallest absolute Gasteiger partial charge is 0.418 e. The predicted molar refractivity (Wildman–Crippen MR) is 505 cm³/mol. The number of phenols is 4. The van der Waals surface area contributed by atoms with Gasteiger partial charge in [-0.25, -0.2) is 28.1 Å². The van der Waals surface area contributed by atoms with Gasteiger partial charge in [0.2, 0.25) is 5.36 Å². The molecule has 0 bridgehead atoms. The molecule has 752 valence electrons. The average molecular weight is 1990 g/mol. The number of benzene rings is 7. The number of anilines is 2. The van der Waals surface area contributed by atoms with Gasteiger partial charge in [-0.1, -0.05) is 55.3 Å². The van der Waals surface area contributed by atoms with E-state index in [1.165, 1.54) is 112 Å². The van der Waals surface area contributed by atoms with Crippen molar-refractivity contribution < 1.29 is 164 Å². The van der Waals surface area contributed by atoms with Gasteiger partial charge in [-0.3, -0.25) is 24.6 Å². The number of methoxy groups -OCH3 is 1. The van der Waals surface area contributed by atoms with Gasteiger partial charge < -0.3 is 107 Å². The molecule has 34 heteroatoms. The minimum atomic E-state index is -4.94. The number of halogens is 2. The molecule has 16 N–H and O–H groups in total. The lowest BCUT2D eigenvalue weighted by atomic mass is 9.56. The molecule has 2 saturated heterocycles. The zero-order chi connectivity index (χ0) is 102. The molecule has 3 fully saturated rings. The number of rotatable bonds is 13. The second-order valence-electron chi connectivity index (χ2n) is 39.1. The number of aromatic hydroxyl groups is 4. The number of nitrogen functional groups attached to an aromatic ring is 1. The first-order valence-electron chi connectivity index (χ1n) is 48.1. The van der Waals surface area contributed by atoms with Gasteiger partial charge in [0.1, 0.15) is 74.7 Å². The summed E-state index contributed by atoms with van der Waals surface area (Å²) in [5.41, 5.74) is 9.14. The van der Waals surface area contributed by atoms with Crippen LogP contribution in [0, 0.1) is 48.8 Å². The SMILES string of the molecule is CCNc1cc2oc3cc(=[NH+]CC)c(C)cc-3c(C3CCCCC3C(=O)OCC)c2cc1C.COC(=O)C1CC=CC=C1c1c2ccc(=[NH2+])cc-2oc2cc(N)ccc12.Cc1c2c(cc(O)c1C(O)O)C(=O)c1c(O)c(O)c(C3(C)OC(C)(CO)C(C)(O)C(C)(O)C3(C)O)c(O)c1C2=O.O=C([O-])c1ccccc1C1=c2cc3[n+]4c(c2=[O+]C2C5=[N+]6C(=CC12)CCCC6CCC5)CCCC4CCC3.[Cl-].[O-][Cl+3]([O-])([O-])[O-]. The number of hydrogen-bond acceptors (Lipinski definition) is 27. The number of hydrogen-bond donors (Lipinski definition) is 14. The summed E-state index contributed by atoms with van der Waals surface area (Å²) in [6, 6.07) is 31.6. The molecule has 5 aromatic carbocycles. The second-order valence-corrected chi connectivity index (χ2v) is 39.8. The van der Waals surface area contributed by atoms with Crippen LogP contribution in [0.4, 0.5) is 11.4 Å². The van der Waals surface area contributed by atoms with Crippen molar-refractivity contribution in [3.8, 4) is 45.6 Å². The van der Waals surface area contributed by atoms with E-state index in [-0.39, 0.29) is 65.2 Å². The molecule has 10 heterocycles. The van der Waals surface area contributed by atoms with Crippen molar-refractivity contribution in [2.24, 2.45) is 17.8 Å². The third-order valence-electron chi connectivity index (χ3n) is 30.9. The zero-order valence-corrected chi connectivity index (χ0v) is 82.8. The van der Waals surface area contributed by atoms with Gasteiger partial charge in [0.25, 0.3) is 11.4 Å². The number of aryl methyl sites for hydroxylation is 3. The van der Waals surface area contributed by atoms with E-state index >= 15 is 0 Å². The topological polar surface area (TPSA) is 553 Å². The molecule has 9 aliphatic heterocycles. The molecule has 0 spiro atoms. The Morgan fingerprint density at radius 1 is 0.697 bits per heavy atom. The number of aromatic nitrogens is 1. The number of ether oxygens (including phenoxy) is 3. The third kappa shape index (κ3) is 18.1. The third-order valence-corrected chi connectivity index (χ3v) is 30.9. The van der Waals surface area contributed by atoms with E-state index in [1.807, 2.05) is 67.6 Å². The summed E-state index contributed by atoms with van der Waals surface area (Å²) in [5, 5.41) is 134. The fraction of sp³-hybridized carbons (Fsp3) is 0.426. The number of phenolic OH excluding ortho intramolecular Hbond substituents is 4. The van der Waals surface area contributed by atoms with Crippen molar-refractivity contribution in [3.05, 3.63) is 237 Å². The number of aromatic carboxylic acids is 1. The average Bonchev–Trinajstić information content (AvgIpc) is 0.669. The van der Waals surface area contributed by atoms with Gasteiger partial charge in [-0.05, 0) is 197 Å². The van der Waals surface area contributed by atoms with Gasteiger partial charge in [0.05, 0.1) is 77.7 Å². The number of nitrogens with zero attached hydrogens (tertiary/aromatic N) is 2. The number of nitrogens with two attached hydrogens (primary N) is 2. The maximum absolute atomic E-state index is 13.8. The van der Waals surface area contributed by atoms with E-state index < -0.39 is 125 Å². The summed E-state index contributed by atoms with van der Waals surface area (Å²) in [6.45, 7) is 18.1. The highest BCUT2D eigenvalue weighted by atomic mass is 35.7. The van der Waals surface area contributed by atoms with Crippen LogP contribution < -0.4 is 83.5 Å². The molecule has 1 aromatic heterocycles. The maximum atomic E-state index is 13.8. The van der Waals surface area contributed by atoms with Gasteiger partial charge in [0, 0.05) is 149 Å². The summed E-state index contributed by atoms with van der Waals surface area (Å²) in [4.78, 5) is 68.4. The minimum absolute atomic E-state index is 0. The number of carboxylic acid groups (broad SMARTS) is 1.